The average molecular weight is 292 g/mol. The Bertz CT molecular complexity index is 727. The summed E-state index contributed by atoms with van der Waals surface area (Å²) in [7, 11) is -3.55. The van der Waals surface area contributed by atoms with Crippen molar-refractivity contribution in [3.8, 4) is 6.07 Å². The number of sulfonamides is 1. The van der Waals surface area contributed by atoms with Crippen LogP contribution in [0.3, 0.4) is 0 Å². The first-order chi connectivity index (χ1) is 9.03. The first-order valence-corrected chi connectivity index (χ1v) is 7.87. The van der Waals surface area contributed by atoms with Crippen LogP contribution in [0.4, 0.5) is 0 Å². The van der Waals surface area contributed by atoms with E-state index in [1.807, 2.05) is 37.3 Å². The molecule has 0 aliphatic heterocycles. The van der Waals surface area contributed by atoms with Gasteiger partial charge in [-0.1, -0.05) is 24.3 Å². The molecule has 0 saturated heterocycles. The van der Waals surface area contributed by atoms with E-state index in [9.17, 15) is 8.42 Å². The molecule has 0 bridgehead atoms. The van der Waals surface area contributed by atoms with Crippen LogP contribution >= 0.6 is 11.3 Å². The highest BCUT2D eigenvalue weighted by Crippen LogP contribution is 2.21. The molecule has 0 amide bonds. The lowest BCUT2D eigenvalue weighted by Crippen LogP contribution is -2.22. The van der Waals surface area contributed by atoms with E-state index in [4.69, 9.17) is 5.26 Å². The fourth-order valence-electron chi connectivity index (χ4n) is 1.58. The normalized spacial score (nSPS) is 11.2. The number of hydrogen-bond acceptors (Lipinski definition) is 4. The molecule has 98 valence electrons. The van der Waals surface area contributed by atoms with Gasteiger partial charge in [-0.05, 0) is 30.2 Å². The molecule has 1 N–H and O–H groups in total. The van der Waals surface area contributed by atoms with Crippen molar-refractivity contribution in [2.24, 2.45) is 0 Å². The molecule has 1 aromatic carbocycles. The number of nitriles is 1. The van der Waals surface area contributed by atoms with Gasteiger partial charge in [-0.15, -0.1) is 11.3 Å². The van der Waals surface area contributed by atoms with Crippen molar-refractivity contribution in [2.75, 3.05) is 0 Å². The predicted molar refractivity (Wildman–Crippen MR) is 74.2 cm³/mol. The Hall–Kier alpha value is -1.68. The van der Waals surface area contributed by atoms with E-state index in [1.165, 1.54) is 12.1 Å². The summed E-state index contributed by atoms with van der Waals surface area (Å²) >= 11 is 0.968. The molecular weight excluding hydrogens is 280 g/mol. The molecule has 0 aliphatic carbocycles. The molecule has 0 fully saturated rings. The number of rotatable bonds is 4. The number of hydrogen-bond donors (Lipinski definition) is 1. The molecule has 0 unspecified atom stereocenters. The molecule has 2 rings (SSSR count). The largest absolute Gasteiger partial charge is 0.250 e. The van der Waals surface area contributed by atoms with E-state index in [-0.39, 0.29) is 10.8 Å². The summed E-state index contributed by atoms with van der Waals surface area (Å²) in [4.78, 5) is 0.385. The minimum Gasteiger partial charge on any atom is -0.206 e. The Kier molecular flexibility index (Phi) is 4.00. The van der Waals surface area contributed by atoms with Crippen molar-refractivity contribution in [1.29, 1.82) is 5.26 Å². The number of nitrogens with zero attached hydrogens (tertiary/aromatic N) is 1. The summed E-state index contributed by atoms with van der Waals surface area (Å²) in [5, 5.41) is 8.71. The quantitative estimate of drug-likeness (QED) is 0.940. The van der Waals surface area contributed by atoms with Crippen molar-refractivity contribution in [3.05, 3.63) is 52.4 Å². The van der Waals surface area contributed by atoms with Crippen LogP contribution in [0.5, 0.6) is 0 Å². The van der Waals surface area contributed by atoms with Gasteiger partial charge in [0.15, 0.2) is 0 Å². The fraction of sp³-hybridized carbons (Fsp3) is 0.154. The fourth-order valence-corrected chi connectivity index (χ4v) is 3.73. The van der Waals surface area contributed by atoms with E-state index < -0.39 is 10.0 Å². The highest BCUT2D eigenvalue weighted by atomic mass is 32.2. The smallest absolute Gasteiger partial charge is 0.206 e. The zero-order chi connectivity index (χ0) is 13.9. The molecule has 6 heteroatoms. The molecular formula is C13H12N2O2S2. The van der Waals surface area contributed by atoms with Gasteiger partial charge in [-0.3, -0.25) is 0 Å². The van der Waals surface area contributed by atoms with Gasteiger partial charge in [-0.2, -0.15) is 5.26 Å². The SMILES string of the molecule is Cc1ccccc1CNS(=O)(=O)c1ccc(C#N)s1. The molecule has 1 heterocycles. The Morgan fingerprint density at radius 2 is 2.00 bits per heavy atom. The third-order valence-corrected chi connectivity index (χ3v) is 5.55. The van der Waals surface area contributed by atoms with Crippen LogP contribution in [0.15, 0.2) is 40.6 Å². The van der Waals surface area contributed by atoms with Crippen molar-refractivity contribution in [3.63, 3.8) is 0 Å². The van der Waals surface area contributed by atoms with E-state index in [0.29, 0.717) is 4.88 Å². The standard InChI is InChI=1S/C13H12N2O2S2/c1-10-4-2-3-5-11(10)9-15-19(16,17)13-7-6-12(8-14)18-13/h2-7,15H,9H2,1H3. The van der Waals surface area contributed by atoms with Gasteiger partial charge >= 0.3 is 0 Å². The number of nitrogens with one attached hydrogen (secondary N) is 1. The van der Waals surface area contributed by atoms with Crippen molar-refractivity contribution in [2.45, 2.75) is 17.7 Å². The van der Waals surface area contributed by atoms with Crippen LogP contribution in [-0.2, 0) is 16.6 Å². The van der Waals surface area contributed by atoms with Gasteiger partial charge in [0.05, 0.1) is 0 Å². The summed E-state index contributed by atoms with van der Waals surface area (Å²) in [6.07, 6.45) is 0. The van der Waals surface area contributed by atoms with Crippen molar-refractivity contribution < 1.29 is 8.42 Å². The first-order valence-electron chi connectivity index (χ1n) is 5.57. The summed E-state index contributed by atoms with van der Waals surface area (Å²) in [5.74, 6) is 0. The Balaban J connectivity index is 2.15. The maximum Gasteiger partial charge on any atom is 0.250 e. The second-order valence-electron chi connectivity index (χ2n) is 3.98. The third-order valence-electron chi connectivity index (χ3n) is 2.67. The van der Waals surface area contributed by atoms with Gasteiger partial charge in [0.25, 0.3) is 0 Å². The topological polar surface area (TPSA) is 70.0 Å². The minimum atomic E-state index is -3.55. The van der Waals surface area contributed by atoms with Crippen LogP contribution in [0.2, 0.25) is 0 Å². The maximum atomic E-state index is 12.0. The molecule has 2 aromatic rings. The van der Waals surface area contributed by atoms with Gasteiger partial charge in [0.1, 0.15) is 15.2 Å². The Labute approximate surface area is 116 Å². The molecule has 1 aromatic heterocycles. The van der Waals surface area contributed by atoms with Crippen molar-refractivity contribution in [1.82, 2.24) is 4.72 Å². The summed E-state index contributed by atoms with van der Waals surface area (Å²) in [5.41, 5.74) is 1.97. The van der Waals surface area contributed by atoms with Crippen molar-refractivity contribution >= 4 is 21.4 Å². The van der Waals surface area contributed by atoms with Crippen LogP contribution in [-0.4, -0.2) is 8.42 Å². The van der Waals surface area contributed by atoms with Gasteiger partial charge in [-0.25, -0.2) is 13.1 Å². The van der Waals surface area contributed by atoms with E-state index in [1.54, 1.807) is 0 Å². The zero-order valence-electron chi connectivity index (χ0n) is 10.3. The molecule has 0 spiro atoms. The van der Waals surface area contributed by atoms with Gasteiger partial charge in [0.2, 0.25) is 10.0 Å². The molecule has 0 atom stereocenters. The number of benzene rings is 1. The maximum absolute atomic E-state index is 12.0. The molecule has 0 aliphatic rings. The lowest BCUT2D eigenvalue weighted by molar-refractivity contribution is 0.583. The van der Waals surface area contributed by atoms with Crippen LogP contribution in [0, 0.1) is 18.3 Å². The third kappa shape index (κ3) is 3.20. The lowest BCUT2D eigenvalue weighted by atomic mass is 10.1. The predicted octanol–water partition coefficient (Wildman–Crippen LogP) is 2.41. The summed E-state index contributed by atoms with van der Waals surface area (Å²) in [6.45, 7) is 2.18. The Morgan fingerprint density at radius 1 is 1.26 bits per heavy atom. The summed E-state index contributed by atoms with van der Waals surface area (Å²) in [6, 6.07) is 12.5. The number of thiophene rings is 1. The minimum absolute atomic E-state index is 0.164. The molecule has 0 radical (unpaired) electrons. The second kappa shape index (κ2) is 5.53. The van der Waals surface area contributed by atoms with Crippen LogP contribution in [0.25, 0.3) is 0 Å². The summed E-state index contributed by atoms with van der Waals surface area (Å²) < 4.78 is 26.8. The highest BCUT2D eigenvalue weighted by Gasteiger charge is 2.16. The van der Waals surface area contributed by atoms with Crippen LogP contribution < -0.4 is 4.72 Å². The van der Waals surface area contributed by atoms with E-state index in [2.05, 4.69) is 4.72 Å². The monoisotopic (exact) mass is 292 g/mol. The Morgan fingerprint density at radius 3 is 2.63 bits per heavy atom. The van der Waals surface area contributed by atoms with Crippen LogP contribution in [0.1, 0.15) is 16.0 Å². The van der Waals surface area contributed by atoms with E-state index in [0.717, 1.165) is 22.5 Å². The molecule has 4 nitrogen and oxygen atoms in total. The number of aryl methyl sites for hydroxylation is 1. The van der Waals surface area contributed by atoms with Gasteiger partial charge in [0, 0.05) is 6.54 Å². The molecule has 0 saturated carbocycles. The zero-order valence-corrected chi connectivity index (χ0v) is 11.9. The highest BCUT2D eigenvalue weighted by molar-refractivity contribution is 7.91. The first kappa shape index (κ1) is 13.7. The molecule has 19 heavy (non-hydrogen) atoms. The van der Waals surface area contributed by atoms with Gasteiger partial charge < -0.3 is 0 Å². The average Bonchev–Trinajstić information content (AvgIpc) is 2.87. The second-order valence-corrected chi connectivity index (χ2v) is 7.06. The lowest BCUT2D eigenvalue weighted by Gasteiger charge is -2.07. The van der Waals surface area contributed by atoms with E-state index >= 15 is 0 Å².